The molecule has 0 spiro atoms. The average molecular weight is 550 g/mol. The summed E-state index contributed by atoms with van der Waals surface area (Å²) in [7, 11) is 0. The molecule has 0 aliphatic heterocycles. The van der Waals surface area contributed by atoms with Crippen LogP contribution in [0.2, 0.25) is 0 Å². The van der Waals surface area contributed by atoms with E-state index in [2.05, 4.69) is 10.6 Å². The Labute approximate surface area is 235 Å². The largest absolute Gasteiger partial charge is 0.444 e. The summed E-state index contributed by atoms with van der Waals surface area (Å²) in [6.07, 6.45) is -0.460. The van der Waals surface area contributed by atoms with Crippen molar-refractivity contribution < 1.29 is 23.9 Å². The van der Waals surface area contributed by atoms with Gasteiger partial charge in [0.25, 0.3) is 5.91 Å². The number of aryl methyl sites for hydroxylation is 3. The van der Waals surface area contributed by atoms with Crippen LogP contribution < -0.4 is 16.4 Å². The van der Waals surface area contributed by atoms with Crippen LogP contribution >= 0.6 is 0 Å². The van der Waals surface area contributed by atoms with E-state index in [4.69, 9.17) is 10.5 Å². The molecule has 0 bridgehead atoms. The quantitative estimate of drug-likeness (QED) is 0.359. The molecule has 2 aromatic carbocycles. The van der Waals surface area contributed by atoms with E-state index in [1.807, 2.05) is 57.2 Å². The van der Waals surface area contributed by atoms with Gasteiger partial charge in [-0.25, -0.2) is 4.79 Å². The molecule has 214 valence electrons. The Bertz CT molecular complexity index is 1240. The molecule has 0 saturated carbocycles. The summed E-state index contributed by atoms with van der Waals surface area (Å²) in [4.78, 5) is 53.1. The Morgan fingerprint density at radius 3 is 2.15 bits per heavy atom. The zero-order valence-corrected chi connectivity index (χ0v) is 24.0. The molecule has 10 heteroatoms. The fourth-order valence-corrected chi connectivity index (χ4v) is 4.18. The number of benzene rings is 2. The molecular weight excluding hydrogens is 510 g/mol. The SMILES string of the molecule is CCc1ccc(C(C(=O)Nc2c(C)cccc2C)N(CC#N)C(=O)C(CCC(N)=O)NC(=O)OC(C)(C)C)cc1. The van der Waals surface area contributed by atoms with E-state index in [0.717, 1.165) is 28.0 Å². The number of nitrogens with one attached hydrogen (secondary N) is 2. The molecule has 4 N–H and O–H groups in total. The van der Waals surface area contributed by atoms with Gasteiger partial charge in [-0.1, -0.05) is 49.4 Å². The number of carbonyl (C=O) groups excluding carboxylic acids is 4. The second-order valence-electron chi connectivity index (χ2n) is 10.6. The average Bonchev–Trinajstić information content (AvgIpc) is 2.87. The molecule has 0 heterocycles. The third-order valence-corrected chi connectivity index (χ3v) is 6.19. The van der Waals surface area contributed by atoms with Crippen LogP contribution in [0.25, 0.3) is 0 Å². The molecule has 0 aliphatic carbocycles. The second kappa shape index (κ2) is 14.1. The summed E-state index contributed by atoms with van der Waals surface area (Å²) in [5.41, 5.74) is 8.25. The summed E-state index contributed by atoms with van der Waals surface area (Å²) in [6.45, 7) is 10.3. The molecule has 0 aromatic heterocycles. The summed E-state index contributed by atoms with van der Waals surface area (Å²) >= 11 is 0. The first-order valence-corrected chi connectivity index (χ1v) is 13.2. The summed E-state index contributed by atoms with van der Waals surface area (Å²) < 4.78 is 5.31. The van der Waals surface area contributed by atoms with Crippen LogP contribution in [0.1, 0.15) is 68.8 Å². The molecule has 2 unspecified atom stereocenters. The topological polar surface area (TPSA) is 155 Å². The van der Waals surface area contributed by atoms with Crippen LogP contribution in [0.5, 0.6) is 0 Å². The Balaban J connectivity index is 2.56. The maximum atomic E-state index is 13.9. The van der Waals surface area contributed by atoms with Crippen LogP contribution in [0, 0.1) is 25.2 Å². The second-order valence-corrected chi connectivity index (χ2v) is 10.6. The van der Waals surface area contributed by atoms with E-state index in [-0.39, 0.29) is 12.8 Å². The van der Waals surface area contributed by atoms with Gasteiger partial charge in [-0.15, -0.1) is 0 Å². The number of nitrogens with zero attached hydrogens (tertiary/aromatic N) is 2. The lowest BCUT2D eigenvalue weighted by molar-refractivity contribution is -0.140. The van der Waals surface area contributed by atoms with E-state index < -0.39 is 48.0 Å². The van der Waals surface area contributed by atoms with Crippen LogP contribution in [0.3, 0.4) is 0 Å². The number of para-hydroxylation sites is 1. The van der Waals surface area contributed by atoms with E-state index >= 15 is 0 Å². The smallest absolute Gasteiger partial charge is 0.408 e. The fraction of sp³-hybridized carbons (Fsp3) is 0.433. The molecule has 40 heavy (non-hydrogen) atoms. The highest BCUT2D eigenvalue weighted by atomic mass is 16.6. The molecule has 0 radical (unpaired) electrons. The van der Waals surface area contributed by atoms with Crippen LogP contribution in [0.4, 0.5) is 10.5 Å². The van der Waals surface area contributed by atoms with Gasteiger partial charge >= 0.3 is 6.09 Å². The minimum absolute atomic E-state index is 0.144. The van der Waals surface area contributed by atoms with Gasteiger partial charge in [0, 0.05) is 12.1 Å². The first kappa shape index (κ1) is 31.8. The van der Waals surface area contributed by atoms with Crippen molar-refractivity contribution in [2.24, 2.45) is 5.73 Å². The third-order valence-electron chi connectivity index (χ3n) is 6.19. The van der Waals surface area contributed by atoms with Crippen molar-refractivity contribution in [3.63, 3.8) is 0 Å². The lowest BCUT2D eigenvalue weighted by Crippen LogP contribution is -2.52. The standard InChI is InChI=1S/C30H39N5O5/c1-7-21-11-13-22(14-12-21)26(27(37)34-25-19(2)9-8-10-20(25)3)35(18-17-31)28(38)23(15-16-24(32)36)33-29(39)40-30(4,5)6/h8-14,23,26H,7,15-16,18H2,1-6H3,(H2,32,36)(H,33,39)(H,34,37). The van der Waals surface area contributed by atoms with Crippen molar-refractivity contribution in [3.8, 4) is 6.07 Å². The fourth-order valence-electron chi connectivity index (χ4n) is 4.18. The minimum Gasteiger partial charge on any atom is -0.444 e. The molecule has 4 amide bonds. The lowest BCUT2D eigenvalue weighted by atomic mass is 9.99. The van der Waals surface area contributed by atoms with Gasteiger partial charge in [0.2, 0.25) is 11.8 Å². The number of alkyl carbamates (subject to hydrolysis) is 1. The number of amides is 4. The highest BCUT2D eigenvalue weighted by Crippen LogP contribution is 2.27. The van der Waals surface area contributed by atoms with Gasteiger partial charge in [0.05, 0.1) is 6.07 Å². The van der Waals surface area contributed by atoms with Gasteiger partial charge in [-0.05, 0) is 69.7 Å². The number of rotatable bonds is 11. The van der Waals surface area contributed by atoms with Gasteiger partial charge in [-0.2, -0.15) is 5.26 Å². The van der Waals surface area contributed by atoms with Crippen LogP contribution in [-0.2, 0) is 25.5 Å². The van der Waals surface area contributed by atoms with Crippen LogP contribution in [-0.4, -0.2) is 46.9 Å². The minimum atomic E-state index is -1.28. The highest BCUT2D eigenvalue weighted by Gasteiger charge is 2.36. The highest BCUT2D eigenvalue weighted by molar-refractivity contribution is 6.00. The van der Waals surface area contributed by atoms with Crippen molar-refractivity contribution in [2.75, 3.05) is 11.9 Å². The number of primary amides is 1. The maximum Gasteiger partial charge on any atom is 0.408 e. The molecule has 0 saturated heterocycles. The number of nitrogens with two attached hydrogens (primary N) is 1. The predicted molar refractivity (Wildman–Crippen MR) is 152 cm³/mol. The van der Waals surface area contributed by atoms with Crippen molar-refractivity contribution in [1.82, 2.24) is 10.2 Å². The first-order valence-electron chi connectivity index (χ1n) is 13.2. The first-order chi connectivity index (χ1) is 18.8. The van der Waals surface area contributed by atoms with Gasteiger partial charge in [-0.3, -0.25) is 14.4 Å². The van der Waals surface area contributed by atoms with E-state index in [9.17, 15) is 24.4 Å². The van der Waals surface area contributed by atoms with E-state index in [1.54, 1.807) is 32.9 Å². The summed E-state index contributed by atoms with van der Waals surface area (Å²) in [5.74, 6) is -1.93. The zero-order chi connectivity index (χ0) is 30.0. The van der Waals surface area contributed by atoms with Gasteiger partial charge < -0.3 is 26.0 Å². The van der Waals surface area contributed by atoms with Crippen molar-refractivity contribution in [1.29, 1.82) is 5.26 Å². The number of nitriles is 1. The third kappa shape index (κ3) is 9.12. The van der Waals surface area contributed by atoms with Crippen LogP contribution in [0.15, 0.2) is 42.5 Å². The molecule has 2 rings (SSSR count). The number of hydrogen-bond donors (Lipinski definition) is 3. The van der Waals surface area contributed by atoms with Crippen molar-refractivity contribution in [2.45, 2.75) is 78.5 Å². The monoisotopic (exact) mass is 549 g/mol. The molecular formula is C30H39N5O5. The Hall–Kier alpha value is -4.39. The zero-order valence-electron chi connectivity index (χ0n) is 24.0. The van der Waals surface area contributed by atoms with Gasteiger partial charge in [0.1, 0.15) is 24.2 Å². The summed E-state index contributed by atoms with van der Waals surface area (Å²) in [6, 6.07) is 12.3. The Morgan fingerprint density at radius 1 is 1.05 bits per heavy atom. The maximum absolute atomic E-state index is 13.9. The molecule has 0 aliphatic rings. The molecule has 2 aromatic rings. The lowest BCUT2D eigenvalue weighted by Gasteiger charge is -2.33. The molecule has 0 fully saturated rings. The number of hydrogen-bond acceptors (Lipinski definition) is 6. The van der Waals surface area contributed by atoms with E-state index in [1.165, 1.54) is 0 Å². The van der Waals surface area contributed by atoms with Crippen molar-refractivity contribution >= 4 is 29.5 Å². The molecule has 2 atom stereocenters. The normalized spacial score (nSPS) is 12.4. The summed E-state index contributed by atoms with van der Waals surface area (Å²) in [5, 5.41) is 15.1. The number of carbonyl (C=O) groups is 4. The van der Waals surface area contributed by atoms with E-state index in [0.29, 0.717) is 11.3 Å². The Morgan fingerprint density at radius 2 is 1.65 bits per heavy atom. The van der Waals surface area contributed by atoms with Crippen molar-refractivity contribution in [3.05, 3.63) is 64.7 Å². The number of anilines is 1. The predicted octanol–water partition coefficient (Wildman–Crippen LogP) is 4.06. The number of ether oxygens (including phenoxy) is 1. The Kier molecular flexibility index (Phi) is 11.2. The van der Waals surface area contributed by atoms with Gasteiger partial charge in [0.15, 0.2) is 0 Å². The molecule has 10 nitrogen and oxygen atoms in total.